The summed E-state index contributed by atoms with van der Waals surface area (Å²) in [6.45, 7) is 2.44. The summed E-state index contributed by atoms with van der Waals surface area (Å²) in [5, 5.41) is 5.30. The molecule has 9 heteroatoms. The second-order valence-corrected chi connectivity index (χ2v) is 7.49. The van der Waals surface area contributed by atoms with Crippen molar-refractivity contribution >= 4 is 21.7 Å². The van der Waals surface area contributed by atoms with Gasteiger partial charge < -0.3 is 10.6 Å². The first-order valence-electron chi connectivity index (χ1n) is 8.03. The molecular weight excluding hydrogens is 378 g/mol. The van der Waals surface area contributed by atoms with Crippen molar-refractivity contribution in [3.8, 4) is 0 Å². The highest BCUT2D eigenvalue weighted by Crippen LogP contribution is 2.18. The fourth-order valence-corrected chi connectivity index (χ4v) is 2.99. The molecule has 0 unspecified atom stereocenters. The lowest BCUT2D eigenvalue weighted by Crippen LogP contribution is -2.24. The van der Waals surface area contributed by atoms with E-state index in [2.05, 4.69) is 10.6 Å². The molecule has 2 amide bonds. The van der Waals surface area contributed by atoms with Gasteiger partial charge in [-0.05, 0) is 48.9 Å². The minimum atomic E-state index is -4.70. The molecule has 2 rings (SSSR count). The summed E-state index contributed by atoms with van der Waals surface area (Å²) >= 11 is 0. The lowest BCUT2D eigenvalue weighted by molar-refractivity contribution is 0.0947. The van der Waals surface area contributed by atoms with Crippen LogP contribution in [-0.2, 0) is 16.4 Å². The average molecular weight is 396 g/mol. The SMILES string of the molecule is CCNC(=O)c1cccc(CNC(=O)c2ccc(S(=O)(=O)C(F)F)cc2)c1. The van der Waals surface area contributed by atoms with Crippen LogP contribution in [0.4, 0.5) is 8.78 Å². The van der Waals surface area contributed by atoms with E-state index in [0.717, 1.165) is 24.3 Å². The third-order valence-corrected chi connectivity index (χ3v) is 5.06. The highest BCUT2D eigenvalue weighted by Gasteiger charge is 2.26. The van der Waals surface area contributed by atoms with E-state index in [9.17, 15) is 26.8 Å². The van der Waals surface area contributed by atoms with Crippen LogP contribution < -0.4 is 10.6 Å². The molecule has 0 aliphatic heterocycles. The van der Waals surface area contributed by atoms with Crippen molar-refractivity contribution in [1.82, 2.24) is 10.6 Å². The van der Waals surface area contributed by atoms with Gasteiger partial charge in [0.05, 0.1) is 4.90 Å². The van der Waals surface area contributed by atoms with E-state index in [4.69, 9.17) is 0 Å². The van der Waals surface area contributed by atoms with Gasteiger partial charge in [-0.25, -0.2) is 8.42 Å². The van der Waals surface area contributed by atoms with Gasteiger partial charge >= 0.3 is 5.76 Å². The Morgan fingerprint density at radius 3 is 2.19 bits per heavy atom. The van der Waals surface area contributed by atoms with Crippen molar-refractivity contribution in [2.45, 2.75) is 24.1 Å². The van der Waals surface area contributed by atoms with E-state index < -0.39 is 26.4 Å². The Morgan fingerprint density at radius 1 is 0.963 bits per heavy atom. The molecule has 27 heavy (non-hydrogen) atoms. The monoisotopic (exact) mass is 396 g/mol. The van der Waals surface area contributed by atoms with E-state index in [1.54, 1.807) is 31.2 Å². The maximum atomic E-state index is 12.5. The standard InChI is InChI=1S/C18H18F2N2O4S/c1-2-21-17(24)14-5-3-4-12(10-14)11-22-16(23)13-6-8-15(9-7-13)27(25,26)18(19)20/h3-10,18H,2,11H2,1H3,(H,21,24)(H,22,23). The Hall–Kier alpha value is -2.81. The number of halogens is 2. The molecule has 0 atom stereocenters. The van der Waals surface area contributed by atoms with Crippen LogP contribution >= 0.6 is 0 Å². The molecule has 0 aromatic heterocycles. The van der Waals surface area contributed by atoms with Crippen LogP contribution in [0.15, 0.2) is 53.4 Å². The summed E-state index contributed by atoms with van der Waals surface area (Å²) in [4.78, 5) is 23.4. The molecule has 0 aliphatic carbocycles. The molecule has 0 radical (unpaired) electrons. The topological polar surface area (TPSA) is 92.3 Å². The van der Waals surface area contributed by atoms with Gasteiger partial charge in [-0.1, -0.05) is 12.1 Å². The van der Waals surface area contributed by atoms with Crippen molar-refractivity contribution < 1.29 is 26.8 Å². The van der Waals surface area contributed by atoms with Gasteiger partial charge in [-0.2, -0.15) is 8.78 Å². The van der Waals surface area contributed by atoms with E-state index in [1.165, 1.54) is 0 Å². The van der Waals surface area contributed by atoms with Gasteiger partial charge in [0, 0.05) is 24.2 Å². The van der Waals surface area contributed by atoms with Crippen LogP contribution in [0.25, 0.3) is 0 Å². The molecule has 0 bridgehead atoms. The predicted octanol–water partition coefficient (Wildman–Crippen LogP) is 2.36. The van der Waals surface area contributed by atoms with E-state index in [-0.39, 0.29) is 18.0 Å². The first-order valence-corrected chi connectivity index (χ1v) is 9.57. The third-order valence-electron chi connectivity index (χ3n) is 3.66. The summed E-state index contributed by atoms with van der Waals surface area (Å²) in [7, 11) is -4.70. The molecule has 0 aliphatic rings. The van der Waals surface area contributed by atoms with Gasteiger partial charge in [0.2, 0.25) is 9.84 Å². The van der Waals surface area contributed by atoms with Crippen molar-refractivity contribution in [3.05, 3.63) is 65.2 Å². The second-order valence-electron chi connectivity index (χ2n) is 5.57. The number of sulfone groups is 1. The Labute approximate surface area is 155 Å². The van der Waals surface area contributed by atoms with Gasteiger partial charge in [-0.15, -0.1) is 0 Å². The number of nitrogens with one attached hydrogen (secondary N) is 2. The van der Waals surface area contributed by atoms with E-state index in [0.29, 0.717) is 17.7 Å². The Kier molecular flexibility index (Phi) is 6.62. The van der Waals surface area contributed by atoms with Crippen molar-refractivity contribution in [1.29, 1.82) is 0 Å². The molecule has 0 saturated heterocycles. The quantitative estimate of drug-likeness (QED) is 0.752. The molecule has 0 heterocycles. The minimum Gasteiger partial charge on any atom is -0.352 e. The van der Waals surface area contributed by atoms with Crippen molar-refractivity contribution in [3.63, 3.8) is 0 Å². The summed E-state index contributed by atoms with van der Waals surface area (Å²) in [6.07, 6.45) is 0. The van der Waals surface area contributed by atoms with E-state index in [1.807, 2.05) is 0 Å². The van der Waals surface area contributed by atoms with Crippen molar-refractivity contribution in [2.24, 2.45) is 0 Å². The molecule has 2 N–H and O–H groups in total. The molecule has 144 valence electrons. The smallest absolute Gasteiger partial charge is 0.341 e. The summed E-state index contributed by atoms with van der Waals surface area (Å²) in [5.41, 5.74) is 1.29. The highest BCUT2D eigenvalue weighted by atomic mass is 32.2. The maximum Gasteiger partial charge on any atom is 0.341 e. The van der Waals surface area contributed by atoms with Crippen LogP contribution in [0, 0.1) is 0 Å². The number of hydrogen-bond acceptors (Lipinski definition) is 4. The fourth-order valence-electron chi connectivity index (χ4n) is 2.27. The largest absolute Gasteiger partial charge is 0.352 e. The average Bonchev–Trinajstić information content (AvgIpc) is 2.66. The first kappa shape index (κ1) is 20.5. The van der Waals surface area contributed by atoms with Gasteiger partial charge in [-0.3, -0.25) is 9.59 Å². The zero-order valence-electron chi connectivity index (χ0n) is 14.4. The van der Waals surface area contributed by atoms with E-state index >= 15 is 0 Å². The number of rotatable bonds is 7. The number of alkyl halides is 2. The molecule has 0 spiro atoms. The molecule has 2 aromatic rings. The Balaban J connectivity index is 2.04. The normalized spacial score (nSPS) is 11.3. The summed E-state index contributed by atoms with van der Waals surface area (Å²) in [6, 6.07) is 11.0. The van der Waals surface area contributed by atoms with Crippen LogP contribution in [0.3, 0.4) is 0 Å². The number of carbonyl (C=O) groups is 2. The van der Waals surface area contributed by atoms with Crippen LogP contribution in [-0.4, -0.2) is 32.5 Å². The number of benzene rings is 2. The zero-order valence-corrected chi connectivity index (χ0v) is 15.2. The summed E-state index contributed by atoms with van der Waals surface area (Å²) in [5.74, 6) is -4.24. The first-order chi connectivity index (χ1) is 12.8. The van der Waals surface area contributed by atoms with Gasteiger partial charge in [0.25, 0.3) is 11.8 Å². The maximum absolute atomic E-state index is 12.5. The number of carbonyl (C=O) groups excluding carboxylic acids is 2. The zero-order chi connectivity index (χ0) is 20.0. The van der Waals surface area contributed by atoms with Gasteiger partial charge in [0.15, 0.2) is 0 Å². The lowest BCUT2D eigenvalue weighted by atomic mass is 10.1. The molecule has 2 aromatic carbocycles. The van der Waals surface area contributed by atoms with Crippen LogP contribution in [0.1, 0.15) is 33.2 Å². The third kappa shape index (κ3) is 5.10. The minimum absolute atomic E-state index is 0.128. The van der Waals surface area contributed by atoms with Crippen LogP contribution in [0.5, 0.6) is 0 Å². The van der Waals surface area contributed by atoms with Crippen LogP contribution in [0.2, 0.25) is 0 Å². The van der Waals surface area contributed by atoms with Gasteiger partial charge in [0.1, 0.15) is 0 Å². The molecular formula is C18H18F2N2O4S. The molecule has 0 saturated carbocycles. The number of amides is 2. The van der Waals surface area contributed by atoms with Crippen molar-refractivity contribution in [2.75, 3.05) is 6.54 Å². The highest BCUT2D eigenvalue weighted by molar-refractivity contribution is 7.91. The number of hydrogen-bond donors (Lipinski definition) is 2. The second kappa shape index (κ2) is 8.72. The Bertz CT molecular complexity index is 929. The lowest BCUT2D eigenvalue weighted by Gasteiger charge is -2.08. The molecule has 6 nitrogen and oxygen atoms in total. The fraction of sp³-hybridized carbons (Fsp3) is 0.222. The predicted molar refractivity (Wildman–Crippen MR) is 95.3 cm³/mol. The Morgan fingerprint density at radius 2 is 1.59 bits per heavy atom. The molecule has 0 fully saturated rings. The summed E-state index contributed by atoms with van der Waals surface area (Å²) < 4.78 is 47.8.